The van der Waals surface area contributed by atoms with Crippen LogP contribution in [0.15, 0.2) is 23.1 Å². The molecule has 0 saturated carbocycles. The standard InChI is InChI=1S/C12H17N3O3S/c1-9-6-11(3-2-10(9)7-13)19(17,18)15-5-4-14-12(16)8-15/h2-3,6H,4-5,7-8,13H2,1H3,(H,14,16). The van der Waals surface area contributed by atoms with E-state index in [4.69, 9.17) is 5.73 Å². The maximum absolute atomic E-state index is 12.4. The zero-order chi connectivity index (χ0) is 14.0. The van der Waals surface area contributed by atoms with E-state index in [2.05, 4.69) is 5.32 Å². The van der Waals surface area contributed by atoms with Crippen LogP contribution in [0, 0.1) is 6.92 Å². The van der Waals surface area contributed by atoms with E-state index in [0.717, 1.165) is 11.1 Å². The molecule has 1 heterocycles. The highest BCUT2D eigenvalue weighted by Gasteiger charge is 2.29. The number of piperazine rings is 1. The lowest BCUT2D eigenvalue weighted by atomic mass is 10.1. The summed E-state index contributed by atoms with van der Waals surface area (Å²) in [5.74, 6) is -0.273. The molecule has 1 aromatic carbocycles. The second kappa shape index (κ2) is 5.28. The molecule has 0 atom stereocenters. The van der Waals surface area contributed by atoms with Gasteiger partial charge in [0.05, 0.1) is 11.4 Å². The van der Waals surface area contributed by atoms with Crippen molar-refractivity contribution in [3.8, 4) is 0 Å². The first-order valence-corrected chi connectivity index (χ1v) is 7.45. The Labute approximate surface area is 112 Å². The van der Waals surface area contributed by atoms with Gasteiger partial charge in [-0.25, -0.2) is 8.42 Å². The normalized spacial score (nSPS) is 17.3. The summed E-state index contributed by atoms with van der Waals surface area (Å²) in [6.45, 7) is 2.71. The first-order valence-electron chi connectivity index (χ1n) is 6.01. The second-order valence-electron chi connectivity index (χ2n) is 4.48. The van der Waals surface area contributed by atoms with Crippen LogP contribution in [0.3, 0.4) is 0 Å². The van der Waals surface area contributed by atoms with Crippen LogP contribution in [0.25, 0.3) is 0 Å². The van der Waals surface area contributed by atoms with Gasteiger partial charge < -0.3 is 11.1 Å². The summed E-state index contributed by atoms with van der Waals surface area (Å²) < 4.78 is 26.0. The van der Waals surface area contributed by atoms with E-state index in [-0.39, 0.29) is 17.3 Å². The van der Waals surface area contributed by atoms with Gasteiger partial charge in [0.2, 0.25) is 15.9 Å². The predicted octanol–water partition coefficient (Wildman–Crippen LogP) is -0.426. The van der Waals surface area contributed by atoms with Crippen molar-refractivity contribution in [3.05, 3.63) is 29.3 Å². The van der Waals surface area contributed by atoms with E-state index < -0.39 is 10.0 Å². The van der Waals surface area contributed by atoms with Gasteiger partial charge in [-0.1, -0.05) is 6.07 Å². The van der Waals surface area contributed by atoms with Crippen molar-refractivity contribution in [3.63, 3.8) is 0 Å². The minimum absolute atomic E-state index is 0.125. The zero-order valence-corrected chi connectivity index (χ0v) is 11.5. The van der Waals surface area contributed by atoms with Crippen LogP contribution in [0.4, 0.5) is 0 Å². The number of nitrogens with two attached hydrogens (primary N) is 1. The van der Waals surface area contributed by atoms with E-state index in [1.807, 2.05) is 6.92 Å². The molecule has 1 saturated heterocycles. The molecule has 1 fully saturated rings. The molecular formula is C12H17N3O3S. The fraction of sp³-hybridized carbons (Fsp3) is 0.417. The first-order chi connectivity index (χ1) is 8.95. The van der Waals surface area contributed by atoms with Crippen molar-refractivity contribution in [2.24, 2.45) is 5.73 Å². The van der Waals surface area contributed by atoms with Crippen molar-refractivity contribution in [2.75, 3.05) is 19.6 Å². The Morgan fingerprint density at radius 2 is 2.16 bits per heavy atom. The van der Waals surface area contributed by atoms with E-state index in [0.29, 0.717) is 19.6 Å². The van der Waals surface area contributed by atoms with Crippen molar-refractivity contribution in [1.82, 2.24) is 9.62 Å². The Bertz CT molecular complexity index is 598. The highest BCUT2D eigenvalue weighted by atomic mass is 32.2. The predicted molar refractivity (Wildman–Crippen MR) is 70.8 cm³/mol. The number of hydrogen-bond acceptors (Lipinski definition) is 4. The van der Waals surface area contributed by atoms with Crippen LogP contribution >= 0.6 is 0 Å². The molecule has 19 heavy (non-hydrogen) atoms. The van der Waals surface area contributed by atoms with E-state index in [9.17, 15) is 13.2 Å². The van der Waals surface area contributed by atoms with Crippen LogP contribution in [0.1, 0.15) is 11.1 Å². The molecule has 1 aromatic rings. The summed E-state index contributed by atoms with van der Waals surface area (Å²) in [7, 11) is -3.61. The van der Waals surface area contributed by atoms with Gasteiger partial charge in [0.25, 0.3) is 0 Å². The fourth-order valence-electron chi connectivity index (χ4n) is 2.03. The second-order valence-corrected chi connectivity index (χ2v) is 6.42. The summed E-state index contributed by atoms with van der Waals surface area (Å²) in [6.07, 6.45) is 0. The van der Waals surface area contributed by atoms with E-state index in [1.165, 1.54) is 10.4 Å². The van der Waals surface area contributed by atoms with Crippen LogP contribution in [-0.2, 0) is 21.4 Å². The van der Waals surface area contributed by atoms with E-state index >= 15 is 0 Å². The van der Waals surface area contributed by atoms with Gasteiger partial charge in [-0.2, -0.15) is 4.31 Å². The summed E-state index contributed by atoms with van der Waals surface area (Å²) in [4.78, 5) is 11.5. The number of amides is 1. The minimum atomic E-state index is -3.61. The van der Waals surface area contributed by atoms with E-state index in [1.54, 1.807) is 12.1 Å². The van der Waals surface area contributed by atoms with Crippen LogP contribution < -0.4 is 11.1 Å². The van der Waals surface area contributed by atoms with Crippen LogP contribution in [0.5, 0.6) is 0 Å². The largest absolute Gasteiger partial charge is 0.354 e. The van der Waals surface area contributed by atoms with Crippen molar-refractivity contribution < 1.29 is 13.2 Å². The van der Waals surface area contributed by atoms with Gasteiger partial charge in [-0.05, 0) is 30.2 Å². The molecule has 1 aliphatic heterocycles. The smallest absolute Gasteiger partial charge is 0.243 e. The number of sulfonamides is 1. The van der Waals surface area contributed by atoms with Gasteiger partial charge in [-0.3, -0.25) is 4.79 Å². The molecule has 0 aliphatic carbocycles. The Balaban J connectivity index is 2.33. The Kier molecular flexibility index (Phi) is 3.88. The SMILES string of the molecule is Cc1cc(S(=O)(=O)N2CCNC(=O)C2)ccc1CN. The third-order valence-electron chi connectivity index (χ3n) is 3.18. The summed E-state index contributed by atoms with van der Waals surface area (Å²) in [5.41, 5.74) is 7.31. The molecule has 0 unspecified atom stereocenters. The van der Waals surface area contributed by atoms with Gasteiger partial charge in [-0.15, -0.1) is 0 Å². The maximum atomic E-state index is 12.4. The quantitative estimate of drug-likeness (QED) is 0.787. The average molecular weight is 283 g/mol. The molecule has 0 aromatic heterocycles. The zero-order valence-electron chi connectivity index (χ0n) is 10.7. The van der Waals surface area contributed by atoms with Crippen molar-refractivity contribution in [2.45, 2.75) is 18.4 Å². The number of aryl methyl sites for hydroxylation is 1. The Hall–Kier alpha value is -1.44. The molecular weight excluding hydrogens is 266 g/mol. The van der Waals surface area contributed by atoms with Gasteiger partial charge in [0.1, 0.15) is 0 Å². The highest BCUT2D eigenvalue weighted by Crippen LogP contribution is 2.19. The summed E-state index contributed by atoms with van der Waals surface area (Å²) in [6, 6.07) is 4.85. The number of hydrogen-bond donors (Lipinski definition) is 2. The molecule has 104 valence electrons. The number of carbonyl (C=O) groups excluding carboxylic acids is 1. The average Bonchev–Trinajstić information content (AvgIpc) is 2.38. The molecule has 3 N–H and O–H groups in total. The summed E-state index contributed by atoms with van der Waals surface area (Å²) in [5, 5.41) is 2.60. The molecule has 0 spiro atoms. The molecule has 2 rings (SSSR count). The minimum Gasteiger partial charge on any atom is -0.354 e. The Morgan fingerprint density at radius 1 is 1.42 bits per heavy atom. The number of nitrogens with one attached hydrogen (secondary N) is 1. The number of carbonyl (C=O) groups is 1. The number of benzene rings is 1. The fourth-order valence-corrected chi connectivity index (χ4v) is 3.51. The van der Waals surface area contributed by atoms with Gasteiger partial charge in [0.15, 0.2) is 0 Å². The number of nitrogens with zero attached hydrogens (tertiary/aromatic N) is 1. The van der Waals surface area contributed by atoms with Gasteiger partial charge >= 0.3 is 0 Å². The molecule has 1 amide bonds. The lowest BCUT2D eigenvalue weighted by Gasteiger charge is -2.26. The number of rotatable bonds is 3. The summed E-state index contributed by atoms with van der Waals surface area (Å²) >= 11 is 0. The molecule has 7 heteroatoms. The topological polar surface area (TPSA) is 92.5 Å². The third kappa shape index (κ3) is 2.78. The highest BCUT2D eigenvalue weighted by molar-refractivity contribution is 7.89. The first kappa shape index (κ1) is 14.0. The maximum Gasteiger partial charge on any atom is 0.243 e. The lowest BCUT2D eigenvalue weighted by molar-refractivity contribution is -0.122. The molecule has 0 bridgehead atoms. The van der Waals surface area contributed by atoms with Gasteiger partial charge in [0, 0.05) is 19.6 Å². The molecule has 1 aliphatic rings. The lowest BCUT2D eigenvalue weighted by Crippen LogP contribution is -2.49. The van der Waals surface area contributed by atoms with Crippen LogP contribution in [0.2, 0.25) is 0 Å². The molecule has 6 nitrogen and oxygen atoms in total. The Morgan fingerprint density at radius 3 is 2.74 bits per heavy atom. The third-order valence-corrected chi connectivity index (χ3v) is 5.02. The monoisotopic (exact) mass is 283 g/mol. The van der Waals surface area contributed by atoms with Crippen LogP contribution in [-0.4, -0.2) is 38.3 Å². The van der Waals surface area contributed by atoms with Crippen molar-refractivity contribution in [1.29, 1.82) is 0 Å². The van der Waals surface area contributed by atoms with Crippen molar-refractivity contribution >= 4 is 15.9 Å². The molecule has 0 radical (unpaired) electrons.